The maximum Gasteiger partial charge on any atom is 0.234 e. The van der Waals surface area contributed by atoms with Crippen molar-refractivity contribution in [3.8, 4) is 5.88 Å². The van der Waals surface area contributed by atoms with Crippen molar-refractivity contribution in [3.05, 3.63) is 45.6 Å². The van der Waals surface area contributed by atoms with Gasteiger partial charge < -0.3 is 4.74 Å². The van der Waals surface area contributed by atoms with Crippen LogP contribution in [0.25, 0.3) is 0 Å². The second-order valence-corrected chi connectivity index (χ2v) is 10.3. The van der Waals surface area contributed by atoms with Crippen LogP contribution in [0.3, 0.4) is 0 Å². The van der Waals surface area contributed by atoms with Gasteiger partial charge in [-0.1, -0.05) is 49.0 Å². The van der Waals surface area contributed by atoms with E-state index in [1.807, 2.05) is 26.8 Å². The van der Waals surface area contributed by atoms with Crippen LogP contribution >= 0.6 is 23.2 Å². The van der Waals surface area contributed by atoms with Crippen molar-refractivity contribution < 1.29 is 17.9 Å². The number of aromatic nitrogens is 2. The van der Waals surface area contributed by atoms with Crippen molar-refractivity contribution in [2.24, 2.45) is 0 Å². The van der Waals surface area contributed by atoms with Crippen LogP contribution in [0.4, 0.5) is 0 Å². The third-order valence-corrected chi connectivity index (χ3v) is 6.38. The Balaban J connectivity index is 2.09. The summed E-state index contributed by atoms with van der Waals surface area (Å²) in [7, 11) is -3.61. The molecular weight excluding hydrogens is 461 g/mol. The average molecular weight is 490 g/mol. The first-order valence-corrected chi connectivity index (χ1v) is 12.7. The second-order valence-electron chi connectivity index (χ2n) is 7.59. The third kappa shape index (κ3) is 8.71. The Labute approximate surface area is 194 Å². The van der Waals surface area contributed by atoms with Crippen LogP contribution in [-0.4, -0.2) is 36.0 Å². The molecule has 0 spiro atoms. The number of ether oxygens (including phenoxy) is 1. The van der Waals surface area contributed by atoms with E-state index in [0.717, 1.165) is 24.1 Å². The average Bonchev–Trinajstić information content (AvgIpc) is 3.02. The molecule has 10 heteroatoms. The molecule has 0 saturated heterocycles. The Kier molecular flexibility index (Phi) is 9.65. The lowest BCUT2D eigenvalue weighted by Crippen LogP contribution is -2.32. The minimum atomic E-state index is -3.61. The van der Waals surface area contributed by atoms with Gasteiger partial charge in [-0.15, -0.1) is 5.10 Å². The summed E-state index contributed by atoms with van der Waals surface area (Å²) >= 11 is 12.3. The first kappa shape index (κ1) is 25.5. The molecule has 0 aliphatic rings. The van der Waals surface area contributed by atoms with Crippen molar-refractivity contribution in [3.63, 3.8) is 0 Å². The highest BCUT2D eigenvalue weighted by molar-refractivity contribution is 7.90. The van der Waals surface area contributed by atoms with Gasteiger partial charge in [0.2, 0.25) is 21.8 Å². The zero-order valence-electron chi connectivity index (χ0n) is 18.0. The normalized spacial score (nSPS) is 11.7. The van der Waals surface area contributed by atoms with Crippen molar-refractivity contribution in [2.45, 2.75) is 65.5 Å². The van der Waals surface area contributed by atoms with Crippen molar-refractivity contribution in [1.29, 1.82) is 0 Å². The molecule has 2 aromatic rings. The summed E-state index contributed by atoms with van der Waals surface area (Å²) in [6, 6.07) is 6.97. The number of hydrogen-bond acceptors (Lipinski definition) is 5. The molecule has 1 N–H and O–H groups in total. The molecule has 1 heterocycles. The molecule has 31 heavy (non-hydrogen) atoms. The van der Waals surface area contributed by atoms with E-state index < -0.39 is 15.9 Å². The van der Waals surface area contributed by atoms with Gasteiger partial charge in [0, 0.05) is 28.2 Å². The molecule has 1 amide bonds. The van der Waals surface area contributed by atoms with Gasteiger partial charge in [0.15, 0.2) is 0 Å². The third-order valence-electron chi connectivity index (χ3n) is 4.43. The van der Waals surface area contributed by atoms with Crippen LogP contribution in [0.5, 0.6) is 5.88 Å². The number of sulfonamides is 1. The maximum atomic E-state index is 12.2. The number of nitrogens with one attached hydrogen (secondary N) is 1. The zero-order valence-corrected chi connectivity index (χ0v) is 20.4. The minimum absolute atomic E-state index is 0.00810. The zero-order chi connectivity index (χ0) is 23.0. The highest BCUT2D eigenvalue weighted by Crippen LogP contribution is 2.24. The molecule has 0 aliphatic heterocycles. The highest BCUT2D eigenvalue weighted by atomic mass is 35.5. The summed E-state index contributed by atoms with van der Waals surface area (Å²) in [5.74, 6) is -0.158. The van der Waals surface area contributed by atoms with Gasteiger partial charge in [-0.25, -0.2) is 8.42 Å². The van der Waals surface area contributed by atoms with Gasteiger partial charge in [0.25, 0.3) is 0 Å². The van der Waals surface area contributed by atoms with E-state index in [-0.39, 0.29) is 18.3 Å². The van der Waals surface area contributed by atoms with Gasteiger partial charge in [0.05, 0.1) is 18.4 Å². The summed E-state index contributed by atoms with van der Waals surface area (Å²) in [6.07, 6.45) is 2.49. The molecular formula is C21H29Cl2N3O4S. The van der Waals surface area contributed by atoms with Crippen LogP contribution in [-0.2, 0) is 27.8 Å². The Morgan fingerprint density at radius 2 is 1.97 bits per heavy atom. The van der Waals surface area contributed by atoms with Crippen LogP contribution in [0.2, 0.25) is 10.0 Å². The Bertz CT molecular complexity index is 991. The topological polar surface area (TPSA) is 90.3 Å². The SMILES string of the molecule is CCCCCS(=O)(=O)NC(=O)CCc1cc(OC(C)C)nn1Cc1ccc(Cl)cc1Cl. The minimum Gasteiger partial charge on any atom is -0.474 e. The lowest BCUT2D eigenvalue weighted by atomic mass is 10.2. The maximum absolute atomic E-state index is 12.2. The lowest BCUT2D eigenvalue weighted by Gasteiger charge is -2.10. The Morgan fingerprint density at radius 3 is 2.61 bits per heavy atom. The monoisotopic (exact) mass is 489 g/mol. The Morgan fingerprint density at radius 1 is 1.23 bits per heavy atom. The number of rotatable bonds is 12. The van der Waals surface area contributed by atoms with E-state index in [1.165, 1.54) is 0 Å². The van der Waals surface area contributed by atoms with Crippen LogP contribution in [0.1, 0.15) is 57.7 Å². The predicted octanol–water partition coefficient (Wildman–Crippen LogP) is 4.59. The first-order valence-electron chi connectivity index (χ1n) is 10.3. The number of carbonyl (C=O) groups is 1. The summed E-state index contributed by atoms with van der Waals surface area (Å²) in [4.78, 5) is 12.2. The van der Waals surface area contributed by atoms with E-state index in [0.29, 0.717) is 35.3 Å². The largest absolute Gasteiger partial charge is 0.474 e. The standard InChI is InChI=1S/C21H29Cl2N3O4S/c1-4-5-6-11-31(28,29)25-20(27)10-9-18-13-21(30-15(2)3)24-26(18)14-16-7-8-17(22)12-19(16)23/h7-8,12-13,15H,4-6,9-11,14H2,1-3H3,(H,25,27). The second kappa shape index (κ2) is 11.7. The summed E-state index contributed by atoms with van der Waals surface area (Å²) in [5.41, 5.74) is 1.55. The van der Waals surface area contributed by atoms with E-state index in [1.54, 1.807) is 22.9 Å². The molecule has 1 aromatic heterocycles. The molecule has 0 bridgehead atoms. The van der Waals surface area contributed by atoms with Crippen LogP contribution in [0.15, 0.2) is 24.3 Å². The molecule has 1 aromatic carbocycles. The van der Waals surface area contributed by atoms with Crippen LogP contribution < -0.4 is 9.46 Å². The fourth-order valence-corrected chi connectivity index (χ4v) is 4.54. The Hall–Kier alpha value is -1.77. The molecule has 0 aliphatic carbocycles. The quantitative estimate of drug-likeness (QED) is 0.440. The molecule has 172 valence electrons. The molecule has 7 nitrogen and oxygen atoms in total. The first-order chi connectivity index (χ1) is 14.6. The molecule has 0 fully saturated rings. The van der Waals surface area contributed by atoms with Crippen molar-refractivity contribution in [2.75, 3.05) is 5.75 Å². The lowest BCUT2D eigenvalue weighted by molar-refractivity contribution is -0.119. The van der Waals surface area contributed by atoms with E-state index >= 15 is 0 Å². The summed E-state index contributed by atoms with van der Waals surface area (Å²) in [5, 5.41) is 5.51. The molecule has 0 atom stereocenters. The number of carbonyl (C=O) groups excluding carboxylic acids is 1. The van der Waals surface area contributed by atoms with Crippen molar-refractivity contribution >= 4 is 39.1 Å². The predicted molar refractivity (Wildman–Crippen MR) is 123 cm³/mol. The van der Waals surface area contributed by atoms with Gasteiger partial charge in [-0.3, -0.25) is 14.2 Å². The number of benzene rings is 1. The number of halogens is 2. The number of aryl methyl sites for hydroxylation is 1. The van der Waals surface area contributed by atoms with Crippen LogP contribution in [0, 0.1) is 0 Å². The summed E-state index contributed by atoms with van der Waals surface area (Å²) < 4.78 is 33.6. The van der Waals surface area contributed by atoms with E-state index in [9.17, 15) is 13.2 Å². The number of unbranched alkanes of at least 4 members (excludes halogenated alkanes) is 2. The molecule has 0 saturated carbocycles. The fraction of sp³-hybridized carbons (Fsp3) is 0.524. The van der Waals surface area contributed by atoms with E-state index in [2.05, 4.69) is 9.82 Å². The molecule has 0 unspecified atom stereocenters. The number of nitrogens with zero attached hydrogens (tertiary/aromatic N) is 2. The van der Waals surface area contributed by atoms with Gasteiger partial charge in [0.1, 0.15) is 0 Å². The highest BCUT2D eigenvalue weighted by Gasteiger charge is 2.17. The van der Waals surface area contributed by atoms with Gasteiger partial charge in [-0.2, -0.15) is 0 Å². The van der Waals surface area contributed by atoms with Gasteiger partial charge in [-0.05, 0) is 44.4 Å². The van der Waals surface area contributed by atoms with Crippen molar-refractivity contribution in [1.82, 2.24) is 14.5 Å². The number of amides is 1. The molecule has 2 rings (SSSR count). The molecule has 0 radical (unpaired) electrons. The smallest absolute Gasteiger partial charge is 0.234 e. The van der Waals surface area contributed by atoms with Gasteiger partial charge >= 0.3 is 0 Å². The summed E-state index contributed by atoms with van der Waals surface area (Å²) in [6.45, 7) is 6.14. The van der Waals surface area contributed by atoms with E-state index in [4.69, 9.17) is 27.9 Å². The number of hydrogen-bond donors (Lipinski definition) is 1. The fourth-order valence-electron chi connectivity index (χ4n) is 2.94.